The largest absolute Gasteiger partial charge is 0.379 e. The van der Waals surface area contributed by atoms with Crippen molar-refractivity contribution < 1.29 is 9.47 Å². The Labute approximate surface area is 138 Å². The molecule has 4 heteroatoms. The van der Waals surface area contributed by atoms with Crippen LogP contribution >= 0.6 is 0 Å². The zero-order valence-corrected chi connectivity index (χ0v) is 15.5. The van der Waals surface area contributed by atoms with Gasteiger partial charge < -0.3 is 19.3 Å². The highest BCUT2D eigenvalue weighted by molar-refractivity contribution is 4.70. The average Bonchev–Trinajstić information content (AvgIpc) is 2.48. The molecule has 1 aliphatic rings. The van der Waals surface area contributed by atoms with Crippen molar-refractivity contribution in [2.45, 2.75) is 58.7 Å². The molecule has 0 spiro atoms. The van der Waals surface area contributed by atoms with E-state index in [4.69, 9.17) is 9.47 Å². The van der Waals surface area contributed by atoms with E-state index in [2.05, 4.69) is 44.7 Å². The van der Waals surface area contributed by atoms with E-state index in [1.807, 2.05) is 0 Å². The van der Waals surface area contributed by atoms with Gasteiger partial charge in [-0.2, -0.15) is 0 Å². The molecule has 4 nitrogen and oxygen atoms in total. The zero-order valence-electron chi connectivity index (χ0n) is 15.5. The predicted molar refractivity (Wildman–Crippen MR) is 93.5 cm³/mol. The van der Waals surface area contributed by atoms with E-state index in [-0.39, 0.29) is 0 Å². The number of piperidine rings is 1. The van der Waals surface area contributed by atoms with Crippen LogP contribution in [-0.2, 0) is 9.47 Å². The number of ether oxygens (including phenoxy) is 2. The molecule has 132 valence electrons. The first-order valence-corrected chi connectivity index (χ1v) is 9.07. The number of nitrogens with zero attached hydrogens (tertiary/aromatic N) is 2. The third-order valence-electron chi connectivity index (χ3n) is 4.51. The third-order valence-corrected chi connectivity index (χ3v) is 4.51. The normalized spacial score (nSPS) is 19.2. The van der Waals surface area contributed by atoms with Gasteiger partial charge in [-0.25, -0.2) is 0 Å². The van der Waals surface area contributed by atoms with Crippen molar-refractivity contribution in [3.8, 4) is 0 Å². The highest BCUT2D eigenvalue weighted by Gasteiger charge is 2.17. The summed E-state index contributed by atoms with van der Waals surface area (Å²) in [5.74, 6) is 0.768. The number of hydrogen-bond donors (Lipinski definition) is 0. The molecule has 0 aliphatic carbocycles. The Morgan fingerprint density at radius 1 is 1.09 bits per heavy atom. The Bertz CT molecular complexity index is 266. The zero-order chi connectivity index (χ0) is 16.4. The summed E-state index contributed by atoms with van der Waals surface area (Å²) in [7, 11) is 4.40. The molecule has 22 heavy (non-hydrogen) atoms. The fourth-order valence-electron chi connectivity index (χ4n) is 2.78. The molecular formula is C18H38N2O2. The molecule has 1 unspecified atom stereocenters. The van der Waals surface area contributed by atoms with Crippen molar-refractivity contribution in [3.63, 3.8) is 0 Å². The lowest BCUT2D eigenvalue weighted by Crippen LogP contribution is -2.33. The lowest BCUT2D eigenvalue weighted by molar-refractivity contribution is 0.0158. The first-order chi connectivity index (χ1) is 10.5. The van der Waals surface area contributed by atoms with Gasteiger partial charge in [0.25, 0.3) is 0 Å². The van der Waals surface area contributed by atoms with Crippen LogP contribution in [-0.4, -0.2) is 75.5 Å². The maximum Gasteiger partial charge on any atom is 0.0559 e. The van der Waals surface area contributed by atoms with Gasteiger partial charge in [-0.1, -0.05) is 0 Å². The lowest BCUT2D eigenvalue weighted by Gasteiger charge is -2.29. The Morgan fingerprint density at radius 2 is 1.77 bits per heavy atom. The quantitative estimate of drug-likeness (QED) is 0.548. The highest BCUT2D eigenvalue weighted by Crippen LogP contribution is 2.17. The van der Waals surface area contributed by atoms with Gasteiger partial charge in [-0.3, -0.25) is 0 Å². The van der Waals surface area contributed by atoms with Crippen molar-refractivity contribution in [1.82, 2.24) is 9.80 Å². The summed E-state index contributed by atoms with van der Waals surface area (Å²) in [6.07, 6.45) is 5.53. The van der Waals surface area contributed by atoms with Crippen LogP contribution in [0.4, 0.5) is 0 Å². The van der Waals surface area contributed by atoms with Crippen molar-refractivity contribution in [1.29, 1.82) is 0 Å². The van der Waals surface area contributed by atoms with Crippen LogP contribution < -0.4 is 0 Å². The minimum atomic E-state index is 0.346. The van der Waals surface area contributed by atoms with Crippen LogP contribution in [0.1, 0.15) is 46.5 Å². The SMILES string of the molecule is CC(C)OCCCN(C)CCC(C)OCC1CCN(C)CC1. The molecule has 1 atom stereocenters. The Morgan fingerprint density at radius 3 is 2.41 bits per heavy atom. The average molecular weight is 315 g/mol. The van der Waals surface area contributed by atoms with Crippen LogP contribution in [0.3, 0.4) is 0 Å². The predicted octanol–water partition coefficient (Wildman–Crippen LogP) is 2.87. The summed E-state index contributed by atoms with van der Waals surface area (Å²) in [4.78, 5) is 4.80. The lowest BCUT2D eigenvalue weighted by atomic mass is 9.98. The number of likely N-dealkylation sites (tertiary alicyclic amines) is 1. The van der Waals surface area contributed by atoms with E-state index >= 15 is 0 Å². The van der Waals surface area contributed by atoms with Gasteiger partial charge in [-0.05, 0) is 79.6 Å². The second kappa shape index (κ2) is 11.4. The second-order valence-electron chi connectivity index (χ2n) is 7.26. The molecule has 0 N–H and O–H groups in total. The molecule has 1 fully saturated rings. The molecule has 0 amide bonds. The first kappa shape index (κ1) is 19.9. The molecule has 0 aromatic carbocycles. The molecule has 0 saturated carbocycles. The summed E-state index contributed by atoms with van der Waals surface area (Å²) in [6, 6.07) is 0. The molecule has 0 radical (unpaired) electrons. The van der Waals surface area contributed by atoms with Crippen LogP contribution in [0.5, 0.6) is 0 Å². The van der Waals surface area contributed by atoms with Crippen LogP contribution in [0.2, 0.25) is 0 Å². The summed E-state index contributed by atoms with van der Waals surface area (Å²) in [5, 5.41) is 0. The molecule has 0 aromatic rings. The monoisotopic (exact) mass is 314 g/mol. The minimum Gasteiger partial charge on any atom is -0.379 e. The van der Waals surface area contributed by atoms with Crippen LogP contribution in [0.15, 0.2) is 0 Å². The first-order valence-electron chi connectivity index (χ1n) is 9.07. The Balaban J connectivity index is 1.99. The second-order valence-corrected chi connectivity index (χ2v) is 7.26. The van der Waals surface area contributed by atoms with Crippen molar-refractivity contribution in [2.75, 3.05) is 53.5 Å². The standard InChI is InChI=1S/C18H38N2O2/c1-16(2)21-14-6-10-19(4)11-7-17(3)22-15-18-8-12-20(5)13-9-18/h16-18H,6-15H2,1-5H3. The van der Waals surface area contributed by atoms with E-state index in [0.29, 0.717) is 12.2 Å². The van der Waals surface area contributed by atoms with Gasteiger partial charge >= 0.3 is 0 Å². The minimum absolute atomic E-state index is 0.346. The Kier molecular flexibility index (Phi) is 10.3. The van der Waals surface area contributed by atoms with Gasteiger partial charge in [0.15, 0.2) is 0 Å². The Hall–Kier alpha value is -0.160. The van der Waals surface area contributed by atoms with Gasteiger partial charge in [0.2, 0.25) is 0 Å². The smallest absolute Gasteiger partial charge is 0.0559 e. The molecule has 1 rings (SSSR count). The summed E-state index contributed by atoms with van der Waals surface area (Å²) in [6.45, 7) is 12.9. The summed E-state index contributed by atoms with van der Waals surface area (Å²) < 4.78 is 11.6. The third kappa shape index (κ3) is 9.78. The van der Waals surface area contributed by atoms with E-state index in [1.54, 1.807) is 0 Å². The van der Waals surface area contributed by atoms with Gasteiger partial charge in [-0.15, -0.1) is 0 Å². The highest BCUT2D eigenvalue weighted by atomic mass is 16.5. The topological polar surface area (TPSA) is 24.9 Å². The molecule has 1 aliphatic heterocycles. The number of rotatable bonds is 11. The maximum atomic E-state index is 6.05. The van der Waals surface area contributed by atoms with Gasteiger partial charge in [0.05, 0.1) is 12.2 Å². The van der Waals surface area contributed by atoms with E-state index in [9.17, 15) is 0 Å². The van der Waals surface area contributed by atoms with E-state index in [1.165, 1.54) is 25.9 Å². The van der Waals surface area contributed by atoms with Crippen LogP contribution in [0, 0.1) is 5.92 Å². The number of hydrogen-bond acceptors (Lipinski definition) is 4. The molecule has 1 saturated heterocycles. The fourth-order valence-corrected chi connectivity index (χ4v) is 2.78. The molecule has 1 heterocycles. The van der Waals surface area contributed by atoms with Gasteiger partial charge in [0.1, 0.15) is 0 Å². The molecular weight excluding hydrogens is 276 g/mol. The van der Waals surface area contributed by atoms with E-state index in [0.717, 1.165) is 45.1 Å². The fraction of sp³-hybridized carbons (Fsp3) is 1.00. The van der Waals surface area contributed by atoms with Crippen molar-refractivity contribution in [3.05, 3.63) is 0 Å². The molecule has 0 aromatic heterocycles. The maximum absolute atomic E-state index is 6.05. The van der Waals surface area contributed by atoms with Gasteiger partial charge in [0, 0.05) is 26.3 Å². The van der Waals surface area contributed by atoms with E-state index < -0.39 is 0 Å². The van der Waals surface area contributed by atoms with Crippen molar-refractivity contribution >= 4 is 0 Å². The van der Waals surface area contributed by atoms with Crippen LogP contribution in [0.25, 0.3) is 0 Å². The summed E-state index contributed by atoms with van der Waals surface area (Å²) >= 11 is 0. The molecule has 0 bridgehead atoms. The van der Waals surface area contributed by atoms with Crippen molar-refractivity contribution in [2.24, 2.45) is 5.92 Å². The summed E-state index contributed by atoms with van der Waals surface area (Å²) in [5.41, 5.74) is 0.